The van der Waals surface area contributed by atoms with Crippen molar-refractivity contribution in [1.29, 1.82) is 0 Å². The highest BCUT2D eigenvalue weighted by atomic mass is 127. The molecule has 0 unspecified atom stereocenters. The Labute approximate surface area is 168 Å². The average Bonchev–Trinajstić information content (AvgIpc) is 3.38. The van der Waals surface area contributed by atoms with Crippen molar-refractivity contribution >= 4 is 35.8 Å². The van der Waals surface area contributed by atoms with Crippen molar-refractivity contribution < 1.29 is 4.79 Å². The minimum absolute atomic E-state index is 0. The predicted molar refractivity (Wildman–Crippen MR) is 115 cm³/mol. The molecule has 1 aromatic rings. The summed E-state index contributed by atoms with van der Waals surface area (Å²) in [5, 5.41) is 6.66. The Bertz CT molecular complexity index is 570. The first-order chi connectivity index (χ1) is 11.6. The number of guanidine groups is 1. The highest BCUT2D eigenvalue weighted by Gasteiger charge is 2.20. The van der Waals surface area contributed by atoms with Crippen LogP contribution < -0.4 is 10.6 Å². The quantitative estimate of drug-likeness (QED) is 0.358. The molecule has 0 atom stereocenters. The molecule has 0 aromatic heterocycles. The minimum atomic E-state index is 0. The van der Waals surface area contributed by atoms with Gasteiger partial charge in [0.05, 0.1) is 0 Å². The van der Waals surface area contributed by atoms with Gasteiger partial charge in [-0.2, -0.15) is 0 Å². The van der Waals surface area contributed by atoms with Crippen molar-refractivity contribution in [3.63, 3.8) is 0 Å². The topological polar surface area (TPSA) is 56.7 Å². The largest absolute Gasteiger partial charge is 0.357 e. The standard InChI is InChI=1S/C19H30N4O.HI/c1-4-20-19(21-12-10-15-8-9-15)22-13-11-16-6-5-7-17(14-16)18(24)23(2)3;/h5-7,14-15H,4,8-13H2,1-3H3,(H2,20,21,22);1H. The van der Waals surface area contributed by atoms with Crippen LogP contribution >= 0.6 is 24.0 Å². The number of benzene rings is 1. The van der Waals surface area contributed by atoms with Gasteiger partial charge in [-0.15, -0.1) is 24.0 Å². The third kappa shape index (κ3) is 8.07. The maximum atomic E-state index is 12.0. The molecule has 1 aliphatic rings. The number of carbonyl (C=O) groups is 1. The van der Waals surface area contributed by atoms with Crippen LogP contribution in [0.15, 0.2) is 29.3 Å². The van der Waals surface area contributed by atoms with Crippen LogP contribution in [0, 0.1) is 5.92 Å². The third-order valence-corrected chi connectivity index (χ3v) is 4.13. The normalized spacial score (nSPS) is 13.8. The van der Waals surface area contributed by atoms with Crippen LogP contribution in [0.5, 0.6) is 0 Å². The molecular weight excluding hydrogens is 427 g/mol. The number of carbonyl (C=O) groups excluding carboxylic acids is 1. The van der Waals surface area contributed by atoms with E-state index in [1.165, 1.54) is 19.3 Å². The van der Waals surface area contributed by atoms with E-state index >= 15 is 0 Å². The van der Waals surface area contributed by atoms with Crippen molar-refractivity contribution in [3.05, 3.63) is 35.4 Å². The van der Waals surface area contributed by atoms with Gasteiger partial charge in [-0.1, -0.05) is 25.0 Å². The lowest BCUT2D eigenvalue weighted by Crippen LogP contribution is -2.38. The van der Waals surface area contributed by atoms with Crippen molar-refractivity contribution in [1.82, 2.24) is 15.5 Å². The van der Waals surface area contributed by atoms with Gasteiger partial charge in [-0.05, 0) is 43.4 Å². The number of nitrogens with one attached hydrogen (secondary N) is 2. The number of halogens is 1. The van der Waals surface area contributed by atoms with E-state index in [2.05, 4.69) is 28.6 Å². The molecule has 0 aliphatic heterocycles. The fourth-order valence-electron chi connectivity index (χ4n) is 2.55. The molecule has 1 fully saturated rings. The summed E-state index contributed by atoms with van der Waals surface area (Å²) in [6.07, 6.45) is 4.82. The van der Waals surface area contributed by atoms with Gasteiger partial charge < -0.3 is 15.5 Å². The predicted octanol–water partition coefficient (Wildman–Crippen LogP) is 2.90. The third-order valence-electron chi connectivity index (χ3n) is 4.13. The Morgan fingerprint density at radius 3 is 2.68 bits per heavy atom. The van der Waals surface area contributed by atoms with E-state index in [4.69, 9.17) is 0 Å². The van der Waals surface area contributed by atoms with E-state index in [0.29, 0.717) is 0 Å². The van der Waals surface area contributed by atoms with Crippen molar-refractivity contribution in [2.75, 3.05) is 33.7 Å². The lowest BCUT2D eigenvalue weighted by Gasteiger charge is -2.13. The van der Waals surface area contributed by atoms with Gasteiger partial charge in [0.2, 0.25) is 0 Å². The van der Waals surface area contributed by atoms with Gasteiger partial charge in [-0.25, -0.2) is 0 Å². The Morgan fingerprint density at radius 1 is 1.28 bits per heavy atom. The van der Waals surface area contributed by atoms with Crippen molar-refractivity contribution in [2.24, 2.45) is 10.9 Å². The van der Waals surface area contributed by atoms with Crippen LogP contribution in [0.1, 0.15) is 42.1 Å². The zero-order chi connectivity index (χ0) is 17.4. The lowest BCUT2D eigenvalue weighted by molar-refractivity contribution is 0.0827. The summed E-state index contributed by atoms with van der Waals surface area (Å²) in [6.45, 7) is 4.64. The maximum Gasteiger partial charge on any atom is 0.253 e. The molecule has 0 spiro atoms. The molecule has 1 aromatic carbocycles. The molecule has 0 radical (unpaired) electrons. The number of aliphatic imine (C=N–C) groups is 1. The molecule has 0 heterocycles. The summed E-state index contributed by atoms with van der Waals surface area (Å²) in [4.78, 5) is 18.3. The summed E-state index contributed by atoms with van der Waals surface area (Å²) in [6, 6.07) is 7.84. The van der Waals surface area contributed by atoms with Gasteiger partial charge >= 0.3 is 0 Å². The maximum absolute atomic E-state index is 12.0. The van der Waals surface area contributed by atoms with Crippen LogP contribution in [-0.4, -0.2) is 50.5 Å². The minimum Gasteiger partial charge on any atom is -0.357 e. The van der Waals surface area contributed by atoms with Crippen molar-refractivity contribution in [2.45, 2.75) is 32.6 Å². The second-order valence-corrected chi connectivity index (χ2v) is 6.57. The Hall–Kier alpha value is -1.31. The molecule has 1 amide bonds. The smallest absolute Gasteiger partial charge is 0.253 e. The number of rotatable bonds is 8. The molecule has 140 valence electrons. The van der Waals surface area contributed by atoms with E-state index in [9.17, 15) is 4.79 Å². The fraction of sp³-hybridized carbons (Fsp3) is 0.579. The summed E-state index contributed by atoms with van der Waals surface area (Å²) >= 11 is 0. The zero-order valence-electron chi connectivity index (χ0n) is 15.5. The first-order valence-corrected chi connectivity index (χ1v) is 8.93. The monoisotopic (exact) mass is 458 g/mol. The Morgan fingerprint density at radius 2 is 2.04 bits per heavy atom. The summed E-state index contributed by atoms with van der Waals surface area (Å²) in [5.41, 5.74) is 1.89. The molecule has 0 saturated heterocycles. The Balaban J connectivity index is 0.00000312. The zero-order valence-corrected chi connectivity index (χ0v) is 17.9. The fourth-order valence-corrected chi connectivity index (χ4v) is 2.55. The lowest BCUT2D eigenvalue weighted by atomic mass is 10.1. The van der Waals surface area contributed by atoms with Gasteiger partial charge in [0, 0.05) is 39.3 Å². The first-order valence-electron chi connectivity index (χ1n) is 8.93. The molecule has 5 nitrogen and oxygen atoms in total. The van der Waals surface area contributed by atoms with E-state index in [1.807, 2.05) is 18.2 Å². The van der Waals surface area contributed by atoms with Gasteiger partial charge in [0.25, 0.3) is 5.91 Å². The molecule has 1 saturated carbocycles. The number of hydrogen-bond donors (Lipinski definition) is 2. The van der Waals surface area contributed by atoms with Crippen molar-refractivity contribution in [3.8, 4) is 0 Å². The molecule has 2 rings (SSSR count). The van der Waals surface area contributed by atoms with E-state index in [1.54, 1.807) is 19.0 Å². The Kier molecular flexibility index (Phi) is 9.85. The molecular formula is C19H31IN4O. The van der Waals surface area contributed by atoms with Crippen LogP contribution in [0.4, 0.5) is 0 Å². The highest BCUT2D eigenvalue weighted by Crippen LogP contribution is 2.32. The first kappa shape index (κ1) is 21.7. The SMILES string of the molecule is CCNC(=NCCC1CC1)NCCc1cccc(C(=O)N(C)C)c1.I. The van der Waals surface area contributed by atoms with E-state index < -0.39 is 0 Å². The number of nitrogens with zero attached hydrogens (tertiary/aromatic N) is 2. The van der Waals surface area contributed by atoms with Crippen LogP contribution in [0.2, 0.25) is 0 Å². The van der Waals surface area contributed by atoms with Crippen LogP contribution in [-0.2, 0) is 6.42 Å². The van der Waals surface area contributed by atoms with Gasteiger partial charge in [-0.3, -0.25) is 9.79 Å². The summed E-state index contributed by atoms with van der Waals surface area (Å²) in [7, 11) is 3.55. The van der Waals surface area contributed by atoms with Crippen LogP contribution in [0.3, 0.4) is 0 Å². The second-order valence-electron chi connectivity index (χ2n) is 6.57. The molecule has 25 heavy (non-hydrogen) atoms. The molecule has 2 N–H and O–H groups in total. The second kappa shape index (κ2) is 11.3. The highest BCUT2D eigenvalue weighted by molar-refractivity contribution is 14.0. The van der Waals surface area contributed by atoms with Gasteiger partial charge in [0.15, 0.2) is 5.96 Å². The molecule has 1 aliphatic carbocycles. The van der Waals surface area contributed by atoms with E-state index in [-0.39, 0.29) is 29.9 Å². The number of hydrogen-bond acceptors (Lipinski definition) is 2. The average molecular weight is 458 g/mol. The number of amides is 1. The van der Waals surface area contributed by atoms with Gasteiger partial charge in [0.1, 0.15) is 0 Å². The summed E-state index contributed by atoms with van der Waals surface area (Å²) in [5.74, 6) is 1.84. The van der Waals surface area contributed by atoms with Crippen LogP contribution in [0.25, 0.3) is 0 Å². The molecule has 6 heteroatoms. The van der Waals surface area contributed by atoms with E-state index in [0.717, 1.165) is 49.1 Å². The molecule has 0 bridgehead atoms. The summed E-state index contributed by atoms with van der Waals surface area (Å²) < 4.78 is 0.